The first-order chi connectivity index (χ1) is 15.9. The van der Waals surface area contributed by atoms with Crippen LogP contribution < -0.4 is 10.0 Å². The van der Waals surface area contributed by atoms with Gasteiger partial charge in [0, 0.05) is 17.8 Å². The molecule has 0 heterocycles. The van der Waals surface area contributed by atoms with E-state index in [1.165, 1.54) is 24.3 Å². The van der Waals surface area contributed by atoms with Crippen molar-refractivity contribution in [1.82, 2.24) is 4.72 Å². The molecule has 0 saturated carbocycles. The summed E-state index contributed by atoms with van der Waals surface area (Å²) in [6.45, 7) is 0.215. The van der Waals surface area contributed by atoms with Crippen LogP contribution in [0.25, 0.3) is 11.1 Å². The third kappa shape index (κ3) is 5.71. The van der Waals surface area contributed by atoms with Gasteiger partial charge in [0.15, 0.2) is 0 Å². The Kier molecular flexibility index (Phi) is 6.63. The molecule has 33 heavy (non-hydrogen) atoms. The summed E-state index contributed by atoms with van der Waals surface area (Å²) in [4.78, 5) is 12.6. The molecule has 166 valence electrons. The molecule has 0 spiro atoms. The molecule has 4 rings (SSSR count). The molecule has 0 bridgehead atoms. The Morgan fingerprint density at radius 2 is 1.30 bits per heavy atom. The van der Waals surface area contributed by atoms with Crippen molar-refractivity contribution in [3.05, 3.63) is 120 Å². The van der Waals surface area contributed by atoms with Crippen molar-refractivity contribution in [2.24, 2.45) is 0 Å². The Hall–Kier alpha value is -3.81. The molecule has 0 aliphatic heterocycles. The first kappa shape index (κ1) is 22.4. The molecule has 4 aromatic carbocycles. The maximum absolute atomic E-state index is 13.0. The Labute approximate surface area is 192 Å². The number of hydrogen-bond acceptors (Lipinski definition) is 3. The summed E-state index contributed by atoms with van der Waals surface area (Å²) in [5.74, 6) is -0.678. The minimum Gasteiger partial charge on any atom is -0.322 e. The summed E-state index contributed by atoms with van der Waals surface area (Å²) in [5, 5.41) is 2.71. The molecular weight excluding hydrogens is 439 g/mol. The van der Waals surface area contributed by atoms with Gasteiger partial charge >= 0.3 is 0 Å². The van der Waals surface area contributed by atoms with Crippen molar-refractivity contribution in [3.8, 4) is 11.1 Å². The van der Waals surface area contributed by atoms with E-state index in [0.717, 1.165) is 16.7 Å². The highest BCUT2D eigenvalue weighted by Crippen LogP contribution is 2.22. The number of sulfonamides is 1. The second kappa shape index (κ2) is 9.77. The first-order valence-electron chi connectivity index (χ1n) is 10.2. The molecule has 0 radical (unpaired) electrons. The summed E-state index contributed by atoms with van der Waals surface area (Å²) < 4.78 is 40.7. The van der Waals surface area contributed by atoms with Crippen LogP contribution in [0.1, 0.15) is 15.9 Å². The predicted molar refractivity (Wildman–Crippen MR) is 127 cm³/mol. The minimum absolute atomic E-state index is 0.178. The van der Waals surface area contributed by atoms with Crippen molar-refractivity contribution < 1.29 is 17.6 Å². The van der Waals surface area contributed by atoms with Crippen molar-refractivity contribution in [2.45, 2.75) is 11.4 Å². The molecule has 0 atom stereocenters. The molecule has 5 nitrogen and oxygen atoms in total. The SMILES string of the molecule is O=C(Nc1ccc(F)cc1)c1ccc(-c2ccc(S(=O)(=O)NCc3ccccc3)cc2)cc1. The molecule has 0 fully saturated rings. The fourth-order valence-electron chi connectivity index (χ4n) is 3.23. The van der Waals surface area contributed by atoms with Crippen LogP contribution in [-0.2, 0) is 16.6 Å². The van der Waals surface area contributed by atoms with E-state index in [9.17, 15) is 17.6 Å². The van der Waals surface area contributed by atoms with E-state index in [1.807, 2.05) is 30.3 Å². The van der Waals surface area contributed by atoms with Crippen LogP contribution in [0.3, 0.4) is 0 Å². The van der Waals surface area contributed by atoms with Gasteiger partial charge < -0.3 is 5.32 Å². The van der Waals surface area contributed by atoms with Crippen LogP contribution in [0, 0.1) is 5.82 Å². The number of rotatable bonds is 7. The summed E-state index contributed by atoms with van der Waals surface area (Å²) in [5.41, 5.74) is 3.49. The quantitative estimate of drug-likeness (QED) is 0.397. The van der Waals surface area contributed by atoms with E-state index >= 15 is 0 Å². The maximum Gasteiger partial charge on any atom is 0.255 e. The van der Waals surface area contributed by atoms with E-state index in [4.69, 9.17) is 0 Å². The molecule has 0 aromatic heterocycles. The summed E-state index contributed by atoms with van der Waals surface area (Å²) in [6, 6.07) is 28.3. The van der Waals surface area contributed by atoms with Gasteiger partial charge in [-0.15, -0.1) is 0 Å². The minimum atomic E-state index is -3.63. The molecule has 0 aliphatic rings. The molecule has 0 unspecified atom stereocenters. The van der Waals surface area contributed by atoms with Gasteiger partial charge in [-0.05, 0) is 65.2 Å². The number of nitrogens with one attached hydrogen (secondary N) is 2. The van der Waals surface area contributed by atoms with E-state index in [2.05, 4.69) is 10.0 Å². The zero-order valence-corrected chi connectivity index (χ0v) is 18.3. The van der Waals surface area contributed by atoms with Crippen LogP contribution >= 0.6 is 0 Å². The average Bonchev–Trinajstić information content (AvgIpc) is 2.85. The molecule has 7 heteroatoms. The topological polar surface area (TPSA) is 75.3 Å². The number of halogens is 1. The van der Waals surface area contributed by atoms with Crippen LogP contribution in [0.5, 0.6) is 0 Å². The number of amides is 1. The molecule has 4 aromatic rings. The van der Waals surface area contributed by atoms with Crippen LogP contribution in [-0.4, -0.2) is 14.3 Å². The number of benzene rings is 4. The van der Waals surface area contributed by atoms with Crippen LogP contribution in [0.2, 0.25) is 0 Å². The predicted octanol–water partition coefficient (Wildman–Crippen LogP) is 5.22. The summed E-state index contributed by atoms with van der Waals surface area (Å²) in [7, 11) is -3.63. The lowest BCUT2D eigenvalue weighted by molar-refractivity contribution is 0.102. The fraction of sp³-hybridized carbons (Fsp3) is 0.0385. The zero-order valence-electron chi connectivity index (χ0n) is 17.5. The van der Waals surface area contributed by atoms with Gasteiger partial charge in [0.05, 0.1) is 4.90 Å². The lowest BCUT2D eigenvalue weighted by Crippen LogP contribution is -2.23. The third-order valence-electron chi connectivity index (χ3n) is 5.06. The van der Waals surface area contributed by atoms with Gasteiger partial charge in [0.1, 0.15) is 5.82 Å². The average molecular weight is 461 g/mol. The van der Waals surface area contributed by atoms with E-state index < -0.39 is 10.0 Å². The van der Waals surface area contributed by atoms with Gasteiger partial charge in [-0.1, -0.05) is 54.6 Å². The normalized spacial score (nSPS) is 11.2. The fourth-order valence-corrected chi connectivity index (χ4v) is 4.25. The maximum atomic E-state index is 13.0. The van der Waals surface area contributed by atoms with Gasteiger partial charge in [0.2, 0.25) is 10.0 Å². The molecule has 0 saturated heterocycles. The van der Waals surface area contributed by atoms with Gasteiger partial charge in [-0.3, -0.25) is 4.79 Å². The standard InChI is InChI=1S/C26H21FN2O3S/c27-23-12-14-24(15-13-23)29-26(30)22-8-6-20(7-9-22)21-10-16-25(17-11-21)33(31,32)28-18-19-4-2-1-3-5-19/h1-17,28H,18H2,(H,29,30). The second-order valence-corrected chi connectivity index (χ2v) is 9.14. The Balaban J connectivity index is 1.42. The number of hydrogen-bond donors (Lipinski definition) is 2. The van der Waals surface area contributed by atoms with Gasteiger partial charge in [-0.2, -0.15) is 0 Å². The van der Waals surface area contributed by atoms with Gasteiger partial charge in [-0.25, -0.2) is 17.5 Å². The molecular formula is C26H21FN2O3S. The van der Waals surface area contributed by atoms with Crippen LogP contribution in [0.4, 0.5) is 10.1 Å². The largest absolute Gasteiger partial charge is 0.322 e. The lowest BCUT2D eigenvalue weighted by atomic mass is 10.0. The molecule has 0 aliphatic carbocycles. The highest BCUT2D eigenvalue weighted by molar-refractivity contribution is 7.89. The highest BCUT2D eigenvalue weighted by Gasteiger charge is 2.14. The van der Waals surface area contributed by atoms with Gasteiger partial charge in [0.25, 0.3) is 5.91 Å². The highest BCUT2D eigenvalue weighted by atomic mass is 32.2. The third-order valence-corrected chi connectivity index (χ3v) is 6.47. The summed E-state index contributed by atoms with van der Waals surface area (Å²) >= 11 is 0. The van der Waals surface area contributed by atoms with E-state index in [1.54, 1.807) is 48.5 Å². The Morgan fingerprint density at radius 3 is 1.91 bits per heavy atom. The molecule has 2 N–H and O–H groups in total. The smallest absolute Gasteiger partial charge is 0.255 e. The van der Waals surface area contributed by atoms with Crippen molar-refractivity contribution in [3.63, 3.8) is 0 Å². The number of carbonyl (C=O) groups is 1. The Bertz CT molecular complexity index is 1340. The first-order valence-corrected chi connectivity index (χ1v) is 11.7. The van der Waals surface area contributed by atoms with E-state index in [-0.39, 0.29) is 23.2 Å². The van der Waals surface area contributed by atoms with Crippen molar-refractivity contribution in [2.75, 3.05) is 5.32 Å². The summed E-state index contributed by atoms with van der Waals surface area (Å²) in [6.07, 6.45) is 0. The van der Waals surface area contributed by atoms with E-state index in [0.29, 0.717) is 11.3 Å². The van der Waals surface area contributed by atoms with Crippen LogP contribution in [0.15, 0.2) is 108 Å². The monoisotopic (exact) mass is 460 g/mol. The molecule has 1 amide bonds. The van der Waals surface area contributed by atoms with Crippen molar-refractivity contribution >= 4 is 21.6 Å². The number of carbonyl (C=O) groups excluding carboxylic acids is 1. The zero-order chi connectivity index (χ0) is 23.3. The lowest BCUT2D eigenvalue weighted by Gasteiger charge is -2.09. The number of anilines is 1. The Morgan fingerprint density at radius 1 is 0.727 bits per heavy atom. The second-order valence-electron chi connectivity index (χ2n) is 7.37. The van der Waals surface area contributed by atoms with Crippen molar-refractivity contribution in [1.29, 1.82) is 0 Å².